The van der Waals surface area contributed by atoms with E-state index in [1.807, 2.05) is 17.6 Å². The predicted octanol–water partition coefficient (Wildman–Crippen LogP) is 4.64. The minimum Gasteiger partial charge on any atom is -0.465 e. The van der Waals surface area contributed by atoms with Gasteiger partial charge in [-0.1, -0.05) is 34.5 Å². The first-order valence-electron chi connectivity index (χ1n) is 8.28. The Morgan fingerprint density at radius 1 is 1.21 bits per heavy atom. The van der Waals surface area contributed by atoms with Crippen LogP contribution in [0.2, 0.25) is 8.67 Å². The van der Waals surface area contributed by atoms with Crippen LogP contribution in [0, 0.1) is 0 Å². The first-order valence-corrected chi connectivity index (χ1v) is 10.7. The Balaban J connectivity index is 2.10. The summed E-state index contributed by atoms with van der Waals surface area (Å²) in [7, 11) is 1.33. The minimum absolute atomic E-state index is 0.265. The molecule has 0 aliphatic heterocycles. The normalized spacial score (nSPS) is 11.9. The summed E-state index contributed by atoms with van der Waals surface area (Å²) in [5, 5.41) is 0. The average Bonchev–Trinajstić information content (AvgIpc) is 3.19. The number of hydrogen-bond acceptors (Lipinski definition) is 6. The molecule has 0 spiro atoms. The number of thiazole rings is 1. The summed E-state index contributed by atoms with van der Waals surface area (Å²) in [6.45, 7) is 3.48. The molecule has 3 rings (SSSR count). The highest BCUT2D eigenvalue weighted by Gasteiger charge is 2.16. The molecule has 0 unspecified atom stereocenters. The molecule has 0 aliphatic rings. The van der Waals surface area contributed by atoms with Gasteiger partial charge in [0.05, 0.1) is 39.4 Å². The number of carbonyl (C=O) groups is 2. The molecule has 0 saturated heterocycles. The fraction of sp³-hybridized carbons (Fsp3) is 0.278. The van der Waals surface area contributed by atoms with Crippen LogP contribution in [0.15, 0.2) is 29.3 Å². The third kappa shape index (κ3) is 4.47. The first kappa shape index (κ1) is 21.0. The zero-order chi connectivity index (χ0) is 20.3. The summed E-state index contributed by atoms with van der Waals surface area (Å²) in [5.74, 6) is -0.900. The van der Waals surface area contributed by atoms with Gasteiger partial charge in [-0.25, -0.2) is 4.79 Å². The molecular formula is C18H16Cl2N2O4S2. The summed E-state index contributed by atoms with van der Waals surface area (Å²) in [5.41, 5.74) is 1.54. The molecule has 0 aliphatic carbocycles. The number of thiophene rings is 1. The van der Waals surface area contributed by atoms with Crippen LogP contribution < -0.4 is 4.80 Å². The number of esters is 1. The number of nitrogens with zero attached hydrogens (tertiary/aromatic N) is 2. The van der Waals surface area contributed by atoms with Crippen LogP contribution in [0.3, 0.4) is 0 Å². The van der Waals surface area contributed by atoms with Gasteiger partial charge in [-0.15, -0.1) is 11.3 Å². The zero-order valence-corrected chi connectivity index (χ0v) is 18.2. The molecular weight excluding hydrogens is 443 g/mol. The van der Waals surface area contributed by atoms with Crippen molar-refractivity contribution in [2.45, 2.75) is 13.5 Å². The van der Waals surface area contributed by atoms with E-state index in [1.54, 1.807) is 12.1 Å². The lowest BCUT2D eigenvalue weighted by molar-refractivity contribution is 0.0600. The van der Waals surface area contributed by atoms with Crippen LogP contribution >= 0.6 is 45.9 Å². The molecule has 0 bridgehead atoms. The van der Waals surface area contributed by atoms with Crippen LogP contribution in [-0.4, -0.2) is 36.8 Å². The molecule has 3 aromatic rings. The SMILES string of the molecule is CCOCCn1c(=NC(=O)c2cc(Cl)sc2Cl)sc2cc(C(=O)OC)ccc21. The first-order chi connectivity index (χ1) is 13.4. The predicted molar refractivity (Wildman–Crippen MR) is 112 cm³/mol. The van der Waals surface area contributed by atoms with Gasteiger partial charge in [-0.2, -0.15) is 4.99 Å². The van der Waals surface area contributed by atoms with Crippen molar-refractivity contribution >= 4 is 68.0 Å². The van der Waals surface area contributed by atoms with Crippen molar-refractivity contribution in [3.05, 3.63) is 48.9 Å². The van der Waals surface area contributed by atoms with Gasteiger partial charge in [0.25, 0.3) is 5.91 Å². The lowest BCUT2D eigenvalue weighted by atomic mass is 10.2. The van der Waals surface area contributed by atoms with Gasteiger partial charge < -0.3 is 14.0 Å². The van der Waals surface area contributed by atoms with Crippen LogP contribution in [0.25, 0.3) is 10.2 Å². The van der Waals surface area contributed by atoms with Crippen molar-refractivity contribution in [2.24, 2.45) is 4.99 Å². The van der Waals surface area contributed by atoms with E-state index in [2.05, 4.69) is 4.99 Å². The fourth-order valence-corrected chi connectivity index (χ4v) is 5.09. The lowest BCUT2D eigenvalue weighted by Gasteiger charge is -2.06. The lowest BCUT2D eigenvalue weighted by Crippen LogP contribution is -2.19. The maximum atomic E-state index is 12.6. The topological polar surface area (TPSA) is 69.9 Å². The molecule has 0 radical (unpaired) electrons. The average molecular weight is 459 g/mol. The largest absolute Gasteiger partial charge is 0.465 e. The van der Waals surface area contributed by atoms with E-state index < -0.39 is 11.9 Å². The van der Waals surface area contributed by atoms with Crippen LogP contribution in [0.1, 0.15) is 27.6 Å². The van der Waals surface area contributed by atoms with E-state index in [0.29, 0.717) is 38.8 Å². The van der Waals surface area contributed by atoms with E-state index in [0.717, 1.165) is 21.6 Å². The van der Waals surface area contributed by atoms with Crippen LogP contribution in [-0.2, 0) is 16.0 Å². The van der Waals surface area contributed by atoms with Gasteiger partial charge in [0.15, 0.2) is 4.80 Å². The van der Waals surface area contributed by atoms with Gasteiger partial charge >= 0.3 is 5.97 Å². The highest BCUT2D eigenvalue weighted by atomic mass is 35.5. The summed E-state index contributed by atoms with van der Waals surface area (Å²) in [6.07, 6.45) is 0. The number of aromatic nitrogens is 1. The number of amides is 1. The second kappa shape index (κ2) is 9.19. The van der Waals surface area contributed by atoms with E-state index in [1.165, 1.54) is 24.5 Å². The van der Waals surface area contributed by atoms with Crippen molar-refractivity contribution in [3.8, 4) is 0 Å². The Bertz CT molecular complexity index is 1100. The number of benzene rings is 1. The van der Waals surface area contributed by atoms with Crippen LogP contribution in [0.5, 0.6) is 0 Å². The molecule has 0 N–H and O–H groups in total. The molecule has 28 heavy (non-hydrogen) atoms. The summed E-state index contributed by atoms with van der Waals surface area (Å²) in [4.78, 5) is 29.2. The molecule has 10 heteroatoms. The molecule has 1 amide bonds. The van der Waals surface area contributed by atoms with E-state index in [-0.39, 0.29) is 5.56 Å². The second-order valence-electron chi connectivity index (χ2n) is 5.56. The number of rotatable bonds is 6. The quantitative estimate of drug-likeness (QED) is 0.398. The Morgan fingerprint density at radius 3 is 2.64 bits per heavy atom. The molecule has 2 heterocycles. The number of methoxy groups -OCH3 is 1. The zero-order valence-electron chi connectivity index (χ0n) is 15.0. The van der Waals surface area contributed by atoms with E-state index in [9.17, 15) is 9.59 Å². The minimum atomic E-state index is -0.474. The van der Waals surface area contributed by atoms with Crippen molar-refractivity contribution in [1.29, 1.82) is 0 Å². The maximum Gasteiger partial charge on any atom is 0.337 e. The van der Waals surface area contributed by atoms with Gasteiger partial charge in [0.2, 0.25) is 0 Å². The highest BCUT2D eigenvalue weighted by Crippen LogP contribution is 2.31. The molecule has 148 valence electrons. The Labute approximate surface area is 178 Å². The summed E-state index contributed by atoms with van der Waals surface area (Å²) < 4.78 is 13.6. The smallest absolute Gasteiger partial charge is 0.337 e. The van der Waals surface area contributed by atoms with Gasteiger partial charge in [0, 0.05) is 13.2 Å². The number of halogens is 2. The van der Waals surface area contributed by atoms with Crippen molar-refractivity contribution in [3.63, 3.8) is 0 Å². The van der Waals surface area contributed by atoms with Crippen molar-refractivity contribution in [2.75, 3.05) is 20.3 Å². The van der Waals surface area contributed by atoms with Crippen molar-refractivity contribution in [1.82, 2.24) is 4.57 Å². The number of fused-ring (bicyclic) bond motifs is 1. The Morgan fingerprint density at radius 2 is 2.00 bits per heavy atom. The molecule has 2 aromatic heterocycles. The third-order valence-corrected chi connectivity index (χ3v) is 6.38. The fourth-order valence-electron chi connectivity index (χ4n) is 2.55. The van der Waals surface area contributed by atoms with Gasteiger partial charge in [-0.05, 0) is 31.2 Å². The van der Waals surface area contributed by atoms with E-state index in [4.69, 9.17) is 32.7 Å². The third-order valence-electron chi connectivity index (χ3n) is 3.85. The van der Waals surface area contributed by atoms with E-state index >= 15 is 0 Å². The molecule has 1 aromatic carbocycles. The molecule has 0 atom stereocenters. The molecule has 0 saturated carbocycles. The number of carbonyl (C=O) groups excluding carboxylic acids is 2. The number of ether oxygens (including phenoxy) is 2. The Kier molecular flexibility index (Phi) is 6.90. The summed E-state index contributed by atoms with van der Waals surface area (Å²) >= 11 is 14.4. The van der Waals surface area contributed by atoms with Gasteiger partial charge in [0.1, 0.15) is 4.34 Å². The number of hydrogen-bond donors (Lipinski definition) is 0. The second-order valence-corrected chi connectivity index (χ2v) is 8.86. The summed E-state index contributed by atoms with van der Waals surface area (Å²) in [6, 6.07) is 6.72. The monoisotopic (exact) mass is 458 g/mol. The molecule has 0 fully saturated rings. The molecule has 6 nitrogen and oxygen atoms in total. The van der Waals surface area contributed by atoms with Crippen LogP contribution in [0.4, 0.5) is 0 Å². The Hall–Kier alpha value is -1.71. The van der Waals surface area contributed by atoms with Crippen molar-refractivity contribution < 1.29 is 19.1 Å². The maximum absolute atomic E-state index is 12.6. The highest BCUT2D eigenvalue weighted by molar-refractivity contribution is 7.20. The van der Waals surface area contributed by atoms with Gasteiger partial charge in [-0.3, -0.25) is 4.79 Å². The standard InChI is InChI=1S/C18H16Cl2N2O4S2/c1-3-26-7-6-22-12-5-4-10(17(24)25-2)8-13(12)27-18(22)21-16(23)11-9-14(19)28-15(11)20/h4-5,8-9H,3,6-7H2,1-2H3.